The molecule has 0 bridgehead atoms. The Morgan fingerprint density at radius 2 is 1.62 bits per heavy atom. The van der Waals surface area contributed by atoms with E-state index in [0.717, 1.165) is 5.57 Å². The number of ketones is 2. The van der Waals surface area contributed by atoms with Gasteiger partial charge in [-0.05, 0) is 68.9 Å². The second-order valence-electron chi connectivity index (χ2n) is 13.4. The van der Waals surface area contributed by atoms with Crippen molar-refractivity contribution in [3.05, 3.63) is 23.8 Å². The molecule has 0 aromatic heterocycles. The average Bonchev–Trinajstić information content (AvgIpc) is 3.22. The molecule has 0 saturated heterocycles. The van der Waals surface area contributed by atoms with Gasteiger partial charge in [0.1, 0.15) is 0 Å². The van der Waals surface area contributed by atoms with Crippen molar-refractivity contribution in [2.75, 3.05) is 26.4 Å². The van der Waals surface area contributed by atoms with E-state index < -0.39 is 68.6 Å². The van der Waals surface area contributed by atoms with E-state index in [1.54, 1.807) is 26.0 Å². The molecule has 0 aromatic carbocycles. The Kier molecular flexibility index (Phi) is 12.1. The van der Waals surface area contributed by atoms with Gasteiger partial charge < -0.3 is 19.3 Å². The lowest BCUT2D eigenvalue weighted by molar-refractivity contribution is -0.492. The number of rotatable bonds is 15. The van der Waals surface area contributed by atoms with Crippen molar-refractivity contribution in [3.63, 3.8) is 0 Å². The van der Waals surface area contributed by atoms with Gasteiger partial charge in [-0.2, -0.15) is 0 Å². The van der Waals surface area contributed by atoms with Crippen molar-refractivity contribution in [1.29, 1.82) is 0 Å². The first-order chi connectivity index (χ1) is 22.5. The Morgan fingerprint density at radius 1 is 0.979 bits per heavy atom. The third-order valence-corrected chi connectivity index (χ3v) is 11.8. The first-order valence-corrected chi connectivity index (χ1v) is 16.4. The van der Waals surface area contributed by atoms with Gasteiger partial charge in [-0.1, -0.05) is 32.4 Å². The van der Waals surface area contributed by atoms with Crippen molar-refractivity contribution in [2.45, 2.75) is 88.7 Å². The summed E-state index contributed by atoms with van der Waals surface area (Å²) in [4.78, 5) is 60.0. The molecular weight excluding hydrogens is 660 g/mol. The Bertz CT molecular complexity index is 1290. The SMILES string of the molecule is CC1CC2C3CCC4=CC(=O)C=C[C@]4(C)[C@@]3(Cl)[C@@H](O)C[C@]2(C)[C@@]1(OC(=O)CCCON(O)O)C(=O)COC(=O)OCCCCON(O)O. The van der Waals surface area contributed by atoms with E-state index in [4.69, 9.17) is 46.6 Å². The fourth-order valence-corrected chi connectivity index (χ4v) is 9.29. The summed E-state index contributed by atoms with van der Waals surface area (Å²) in [5.74, 6) is -2.89. The molecule has 3 unspecified atom stereocenters. The van der Waals surface area contributed by atoms with Gasteiger partial charge in [0.15, 0.2) is 18.0 Å². The number of esters is 1. The molecule has 0 amide bonds. The van der Waals surface area contributed by atoms with Gasteiger partial charge in [0.25, 0.3) is 0 Å². The van der Waals surface area contributed by atoms with Crippen molar-refractivity contribution < 1.29 is 69.0 Å². The van der Waals surface area contributed by atoms with E-state index in [0.29, 0.717) is 32.1 Å². The van der Waals surface area contributed by atoms with Gasteiger partial charge in [0, 0.05) is 23.2 Å². The molecule has 4 aliphatic rings. The normalized spacial score (nSPS) is 35.5. The van der Waals surface area contributed by atoms with Crippen LogP contribution in [-0.4, -0.2) is 103 Å². The van der Waals surface area contributed by atoms with Crippen LogP contribution in [-0.2, 0) is 38.3 Å². The molecule has 16 nitrogen and oxygen atoms in total. The first-order valence-electron chi connectivity index (χ1n) is 16.0. The minimum Gasteiger partial charge on any atom is -0.450 e. The van der Waals surface area contributed by atoms with Gasteiger partial charge in [0.05, 0.1) is 41.6 Å². The molecule has 8 atom stereocenters. The molecular formula is C31H45ClN2O14. The molecule has 0 heterocycles. The topological polar surface area (TPSA) is 222 Å². The summed E-state index contributed by atoms with van der Waals surface area (Å²) in [5, 5.41) is 45.7. The maximum absolute atomic E-state index is 14.3. The summed E-state index contributed by atoms with van der Waals surface area (Å²) < 4.78 is 16.3. The lowest BCUT2D eigenvalue weighted by Gasteiger charge is -2.64. The zero-order valence-electron chi connectivity index (χ0n) is 27.2. The second-order valence-corrected chi connectivity index (χ2v) is 14.0. The molecule has 5 N–H and O–H groups in total. The van der Waals surface area contributed by atoms with Gasteiger partial charge in [0.2, 0.25) is 5.78 Å². The van der Waals surface area contributed by atoms with Gasteiger partial charge in [-0.3, -0.25) is 44.9 Å². The van der Waals surface area contributed by atoms with Crippen molar-refractivity contribution in [3.8, 4) is 0 Å². The van der Waals surface area contributed by atoms with Crippen molar-refractivity contribution >= 4 is 35.3 Å². The predicted molar refractivity (Wildman–Crippen MR) is 160 cm³/mol. The van der Waals surface area contributed by atoms with E-state index in [1.165, 1.54) is 6.08 Å². The van der Waals surface area contributed by atoms with E-state index in [-0.39, 0.29) is 56.7 Å². The van der Waals surface area contributed by atoms with Crippen LogP contribution < -0.4 is 0 Å². The summed E-state index contributed by atoms with van der Waals surface area (Å²) in [7, 11) is 0. The molecule has 270 valence electrons. The standard InChI is InChI=1S/C31H45ClN2O14/c1-19-15-23-22-9-8-20-16-21(35)10-11-28(20,2)30(22,32)24(36)17-29(23,3)31(19,48-26(38)7-6-14-47-34(42)43)25(37)18-45-27(39)44-12-4-5-13-46-33(40)41/h10-11,16,19,22-24,36,40-43H,4-9,12-15,17-18H2,1-3H3/t19?,22?,23?,24-,28-,29-,30-,31-/m0/s1. The lowest BCUT2D eigenvalue weighted by Crippen LogP contribution is -2.69. The van der Waals surface area contributed by atoms with E-state index in [1.807, 2.05) is 6.92 Å². The number of alkyl halides is 1. The van der Waals surface area contributed by atoms with Gasteiger partial charge >= 0.3 is 12.1 Å². The number of allylic oxidation sites excluding steroid dienone is 4. The highest BCUT2D eigenvalue weighted by molar-refractivity contribution is 6.26. The summed E-state index contributed by atoms with van der Waals surface area (Å²) in [6.45, 7) is 4.28. The average molecular weight is 705 g/mol. The highest BCUT2D eigenvalue weighted by Gasteiger charge is 2.76. The number of Topliss-reactive ketones (excluding diaryl/α,β-unsaturated/α-hetero) is 1. The first kappa shape index (κ1) is 38.3. The summed E-state index contributed by atoms with van der Waals surface area (Å²) in [6, 6.07) is 0. The van der Waals surface area contributed by atoms with E-state index in [9.17, 15) is 24.3 Å². The number of halogens is 1. The number of ether oxygens (including phenoxy) is 3. The molecule has 4 rings (SSSR count). The number of hydrogen-bond acceptors (Lipinski definition) is 16. The smallest absolute Gasteiger partial charge is 0.450 e. The lowest BCUT2D eigenvalue weighted by atomic mass is 9.45. The largest absolute Gasteiger partial charge is 0.508 e. The van der Waals surface area contributed by atoms with E-state index in [2.05, 4.69) is 9.68 Å². The molecule has 0 spiro atoms. The van der Waals surface area contributed by atoms with Crippen LogP contribution in [0.3, 0.4) is 0 Å². The fourth-order valence-electron chi connectivity index (χ4n) is 8.77. The highest BCUT2D eigenvalue weighted by Crippen LogP contribution is 2.72. The minimum absolute atomic E-state index is 0.0202. The number of nitrogens with zero attached hydrogens (tertiary/aromatic N) is 2. The highest BCUT2D eigenvalue weighted by atomic mass is 35.5. The van der Waals surface area contributed by atoms with Crippen LogP contribution in [0.15, 0.2) is 23.8 Å². The summed E-state index contributed by atoms with van der Waals surface area (Å²) in [5.41, 5.74) is -3.01. The zero-order valence-corrected chi connectivity index (χ0v) is 28.0. The molecule has 0 aromatic rings. The van der Waals surface area contributed by atoms with Crippen molar-refractivity contribution in [2.24, 2.45) is 28.6 Å². The maximum Gasteiger partial charge on any atom is 0.508 e. The Morgan fingerprint density at radius 3 is 2.29 bits per heavy atom. The monoisotopic (exact) mass is 704 g/mol. The van der Waals surface area contributed by atoms with Crippen LogP contribution in [0.1, 0.15) is 72.1 Å². The van der Waals surface area contributed by atoms with Gasteiger partial charge in [-0.25, -0.2) is 4.79 Å². The Balaban J connectivity index is 1.58. The Hall–Kier alpha value is -2.51. The van der Waals surface area contributed by atoms with Crippen LogP contribution >= 0.6 is 11.6 Å². The maximum atomic E-state index is 14.3. The number of hydrogen-bond donors (Lipinski definition) is 5. The quantitative estimate of drug-likeness (QED) is 0.0712. The van der Waals surface area contributed by atoms with Gasteiger partial charge in [-0.15, -0.1) is 11.6 Å². The van der Waals surface area contributed by atoms with Crippen LogP contribution in [0.4, 0.5) is 4.79 Å². The van der Waals surface area contributed by atoms with Crippen molar-refractivity contribution in [1.82, 2.24) is 10.8 Å². The number of carbonyl (C=O) groups is 4. The van der Waals surface area contributed by atoms with E-state index >= 15 is 0 Å². The number of aliphatic hydroxyl groups is 1. The van der Waals surface area contributed by atoms with Crippen LogP contribution in [0.5, 0.6) is 0 Å². The third-order valence-electron chi connectivity index (χ3n) is 10.9. The van der Waals surface area contributed by atoms with Crippen LogP contribution in [0.25, 0.3) is 0 Å². The Labute approximate surface area is 282 Å². The molecule has 3 fully saturated rings. The molecule has 4 aliphatic carbocycles. The molecule has 48 heavy (non-hydrogen) atoms. The molecule has 0 radical (unpaired) electrons. The van der Waals surface area contributed by atoms with Crippen LogP contribution in [0, 0.1) is 28.6 Å². The number of aliphatic hydroxyl groups excluding tert-OH is 1. The second kappa shape index (κ2) is 15.2. The zero-order chi connectivity index (χ0) is 35.5. The third kappa shape index (κ3) is 7.06. The van der Waals surface area contributed by atoms with Crippen LogP contribution in [0.2, 0.25) is 0 Å². The minimum atomic E-state index is -1.84. The number of fused-ring (bicyclic) bond motifs is 5. The number of carbonyl (C=O) groups excluding carboxylic acids is 4. The summed E-state index contributed by atoms with van der Waals surface area (Å²) >= 11 is 7.53. The number of unbranched alkanes of at least 4 members (excludes halogenated alkanes) is 1. The molecule has 0 aliphatic heterocycles. The molecule has 17 heteroatoms. The fraction of sp³-hybridized carbons (Fsp3) is 0.742. The predicted octanol–water partition coefficient (Wildman–Crippen LogP) is 3.46. The molecule has 3 saturated carbocycles. The summed E-state index contributed by atoms with van der Waals surface area (Å²) in [6.07, 6.45) is 4.27.